The lowest BCUT2D eigenvalue weighted by atomic mass is 9.80. The van der Waals surface area contributed by atoms with E-state index in [9.17, 15) is 0 Å². The number of amidine groups is 1. The predicted octanol–water partition coefficient (Wildman–Crippen LogP) is 4.29. The van der Waals surface area contributed by atoms with Gasteiger partial charge in [-0.2, -0.15) is 0 Å². The van der Waals surface area contributed by atoms with Gasteiger partial charge in [-0.05, 0) is 55.9 Å². The molecule has 1 aromatic carbocycles. The molecule has 0 bridgehead atoms. The van der Waals surface area contributed by atoms with Crippen molar-refractivity contribution in [1.29, 1.82) is 5.41 Å². The summed E-state index contributed by atoms with van der Waals surface area (Å²) in [6.07, 6.45) is 6.49. The van der Waals surface area contributed by atoms with E-state index in [0.29, 0.717) is 5.92 Å². The molecule has 0 aliphatic heterocycles. The first kappa shape index (κ1) is 16.5. The lowest BCUT2D eigenvalue weighted by Gasteiger charge is -2.34. The molecular formula is C17H26BrN3. The smallest absolute Gasteiger partial charge is 0.108 e. The standard InChI is InChI=1S/C17H26BrN3/c1-11-8-9-14(18)10-15(11)16(21-12(2)17(19)20)13-6-4-3-5-7-13/h8-10,12-13,16,21H,3-7H2,1-2H3,(H3,19,20). The van der Waals surface area contributed by atoms with E-state index in [2.05, 4.69) is 46.4 Å². The summed E-state index contributed by atoms with van der Waals surface area (Å²) in [4.78, 5) is 0. The van der Waals surface area contributed by atoms with Crippen LogP contribution in [0, 0.1) is 18.3 Å². The van der Waals surface area contributed by atoms with Gasteiger partial charge in [0.2, 0.25) is 0 Å². The Morgan fingerprint density at radius 1 is 1.33 bits per heavy atom. The van der Waals surface area contributed by atoms with Gasteiger partial charge in [0.1, 0.15) is 5.84 Å². The number of hydrogen-bond acceptors (Lipinski definition) is 2. The number of halogens is 1. The average molecular weight is 352 g/mol. The highest BCUT2D eigenvalue weighted by Crippen LogP contribution is 2.36. The van der Waals surface area contributed by atoms with Crippen LogP contribution in [-0.4, -0.2) is 11.9 Å². The van der Waals surface area contributed by atoms with E-state index < -0.39 is 0 Å². The molecule has 2 atom stereocenters. The van der Waals surface area contributed by atoms with E-state index in [-0.39, 0.29) is 17.9 Å². The molecule has 2 unspecified atom stereocenters. The number of hydrogen-bond donors (Lipinski definition) is 3. The van der Waals surface area contributed by atoms with E-state index in [1.165, 1.54) is 43.2 Å². The highest BCUT2D eigenvalue weighted by molar-refractivity contribution is 9.10. The highest BCUT2D eigenvalue weighted by atomic mass is 79.9. The number of nitrogens with two attached hydrogens (primary N) is 1. The summed E-state index contributed by atoms with van der Waals surface area (Å²) in [7, 11) is 0. The molecule has 4 N–H and O–H groups in total. The molecule has 1 aromatic rings. The van der Waals surface area contributed by atoms with Crippen LogP contribution in [0.1, 0.15) is 56.2 Å². The Kier molecular flexibility index (Phi) is 5.82. The number of aryl methyl sites for hydroxylation is 1. The zero-order valence-electron chi connectivity index (χ0n) is 13.0. The second-order valence-corrected chi connectivity index (χ2v) is 7.14. The minimum atomic E-state index is -0.0877. The monoisotopic (exact) mass is 351 g/mol. The van der Waals surface area contributed by atoms with Crippen molar-refractivity contribution < 1.29 is 0 Å². The first-order valence-corrected chi connectivity index (χ1v) is 8.64. The molecule has 21 heavy (non-hydrogen) atoms. The summed E-state index contributed by atoms with van der Waals surface area (Å²) >= 11 is 3.59. The van der Waals surface area contributed by atoms with Gasteiger partial charge in [-0.1, -0.05) is 41.3 Å². The Labute approximate surface area is 136 Å². The third-order valence-corrected chi connectivity index (χ3v) is 5.09. The molecule has 1 aliphatic rings. The maximum Gasteiger partial charge on any atom is 0.108 e. The Morgan fingerprint density at radius 2 is 2.00 bits per heavy atom. The molecule has 0 spiro atoms. The van der Waals surface area contributed by atoms with Crippen molar-refractivity contribution in [3.05, 3.63) is 33.8 Å². The summed E-state index contributed by atoms with van der Waals surface area (Å²) in [5, 5.41) is 11.3. The van der Waals surface area contributed by atoms with Crippen molar-refractivity contribution in [2.24, 2.45) is 11.7 Å². The van der Waals surface area contributed by atoms with Crippen molar-refractivity contribution in [2.75, 3.05) is 0 Å². The molecule has 0 aromatic heterocycles. The number of rotatable bonds is 5. The van der Waals surface area contributed by atoms with Gasteiger partial charge in [0.15, 0.2) is 0 Å². The Morgan fingerprint density at radius 3 is 2.62 bits per heavy atom. The first-order valence-electron chi connectivity index (χ1n) is 7.85. The summed E-state index contributed by atoms with van der Waals surface area (Å²) in [5.74, 6) is 0.844. The highest BCUT2D eigenvalue weighted by Gasteiger charge is 2.27. The quantitative estimate of drug-likeness (QED) is 0.547. The second kappa shape index (κ2) is 7.41. The molecule has 2 rings (SSSR count). The molecule has 116 valence electrons. The van der Waals surface area contributed by atoms with E-state index in [0.717, 1.165) is 4.47 Å². The molecule has 4 heteroatoms. The molecule has 3 nitrogen and oxygen atoms in total. The lowest BCUT2D eigenvalue weighted by Crippen LogP contribution is -2.43. The third-order valence-electron chi connectivity index (χ3n) is 4.59. The molecule has 0 saturated heterocycles. The molecule has 0 amide bonds. The topological polar surface area (TPSA) is 61.9 Å². The van der Waals surface area contributed by atoms with Gasteiger partial charge in [0.25, 0.3) is 0 Å². The summed E-state index contributed by atoms with van der Waals surface area (Å²) in [6, 6.07) is 6.66. The molecular weight excluding hydrogens is 326 g/mol. The van der Waals surface area contributed by atoms with E-state index >= 15 is 0 Å². The SMILES string of the molecule is Cc1ccc(Br)cc1C(NC(C)C(=N)N)C1CCCCC1. The fourth-order valence-corrected chi connectivity index (χ4v) is 3.63. The Balaban J connectivity index is 2.29. The molecule has 0 radical (unpaired) electrons. The largest absolute Gasteiger partial charge is 0.386 e. The van der Waals surface area contributed by atoms with Crippen LogP contribution in [-0.2, 0) is 0 Å². The Hall–Kier alpha value is -0.870. The summed E-state index contributed by atoms with van der Waals surface area (Å²) < 4.78 is 1.11. The van der Waals surface area contributed by atoms with E-state index in [1.807, 2.05) is 6.92 Å². The number of benzene rings is 1. The molecule has 0 heterocycles. The fraction of sp³-hybridized carbons (Fsp3) is 0.588. The molecule has 1 fully saturated rings. The fourth-order valence-electron chi connectivity index (χ4n) is 3.25. The van der Waals surface area contributed by atoms with Gasteiger partial charge < -0.3 is 11.1 Å². The number of nitrogens with one attached hydrogen (secondary N) is 2. The van der Waals surface area contributed by atoms with Crippen LogP contribution in [0.2, 0.25) is 0 Å². The van der Waals surface area contributed by atoms with Crippen LogP contribution in [0.5, 0.6) is 0 Å². The van der Waals surface area contributed by atoms with Crippen LogP contribution in [0.4, 0.5) is 0 Å². The van der Waals surface area contributed by atoms with Crippen LogP contribution in [0.15, 0.2) is 22.7 Å². The van der Waals surface area contributed by atoms with Crippen molar-refractivity contribution in [3.63, 3.8) is 0 Å². The van der Waals surface area contributed by atoms with Crippen LogP contribution >= 0.6 is 15.9 Å². The minimum absolute atomic E-state index is 0.0877. The van der Waals surface area contributed by atoms with Gasteiger partial charge >= 0.3 is 0 Å². The summed E-state index contributed by atoms with van der Waals surface area (Å²) in [6.45, 7) is 4.14. The van der Waals surface area contributed by atoms with Gasteiger partial charge in [0.05, 0.1) is 6.04 Å². The van der Waals surface area contributed by atoms with Crippen LogP contribution in [0.3, 0.4) is 0 Å². The minimum Gasteiger partial charge on any atom is -0.386 e. The zero-order valence-corrected chi connectivity index (χ0v) is 14.5. The van der Waals surface area contributed by atoms with E-state index in [4.69, 9.17) is 11.1 Å². The van der Waals surface area contributed by atoms with Crippen molar-refractivity contribution >= 4 is 21.8 Å². The zero-order chi connectivity index (χ0) is 15.4. The van der Waals surface area contributed by atoms with Crippen LogP contribution in [0.25, 0.3) is 0 Å². The molecule has 1 saturated carbocycles. The maximum absolute atomic E-state index is 7.67. The first-order chi connectivity index (χ1) is 9.99. The molecule has 1 aliphatic carbocycles. The van der Waals surface area contributed by atoms with Crippen molar-refractivity contribution in [3.8, 4) is 0 Å². The van der Waals surface area contributed by atoms with Gasteiger partial charge in [0, 0.05) is 10.5 Å². The van der Waals surface area contributed by atoms with Gasteiger partial charge in [-0.15, -0.1) is 0 Å². The van der Waals surface area contributed by atoms with Crippen molar-refractivity contribution in [1.82, 2.24) is 5.32 Å². The van der Waals surface area contributed by atoms with Gasteiger partial charge in [-0.25, -0.2) is 0 Å². The summed E-state index contributed by atoms with van der Waals surface area (Å²) in [5.41, 5.74) is 8.31. The normalized spacial score (nSPS) is 19.2. The predicted molar refractivity (Wildman–Crippen MR) is 92.7 cm³/mol. The second-order valence-electron chi connectivity index (χ2n) is 6.22. The third kappa shape index (κ3) is 4.30. The van der Waals surface area contributed by atoms with Crippen molar-refractivity contribution in [2.45, 2.75) is 58.0 Å². The average Bonchev–Trinajstić information content (AvgIpc) is 2.48. The maximum atomic E-state index is 7.67. The van der Waals surface area contributed by atoms with Crippen LogP contribution < -0.4 is 11.1 Å². The Bertz CT molecular complexity index is 495. The lowest BCUT2D eigenvalue weighted by molar-refractivity contribution is 0.266. The van der Waals surface area contributed by atoms with E-state index in [1.54, 1.807) is 0 Å². The van der Waals surface area contributed by atoms with Gasteiger partial charge in [-0.3, -0.25) is 5.41 Å².